The highest BCUT2D eigenvalue weighted by Gasteiger charge is 2.10. The molecular formula is C16H17BrN2S. The molecule has 0 saturated heterocycles. The minimum absolute atomic E-state index is 0.382. The lowest BCUT2D eigenvalue weighted by Gasteiger charge is -2.15. The minimum atomic E-state index is 0.382. The third kappa shape index (κ3) is 3.38. The Morgan fingerprint density at radius 3 is 2.55 bits per heavy atom. The number of aryl methyl sites for hydroxylation is 1. The molecule has 0 aliphatic carbocycles. The van der Waals surface area contributed by atoms with E-state index in [9.17, 15) is 0 Å². The van der Waals surface area contributed by atoms with E-state index in [2.05, 4.69) is 46.4 Å². The van der Waals surface area contributed by atoms with Crippen LogP contribution in [-0.2, 0) is 6.42 Å². The van der Waals surface area contributed by atoms with Gasteiger partial charge >= 0.3 is 0 Å². The largest absolute Gasteiger partial charge is 0.389 e. The molecule has 2 rings (SSSR count). The van der Waals surface area contributed by atoms with Crippen molar-refractivity contribution in [3.05, 3.63) is 58.1 Å². The van der Waals surface area contributed by atoms with Crippen molar-refractivity contribution in [1.82, 2.24) is 0 Å². The Morgan fingerprint density at radius 1 is 1.15 bits per heavy atom. The van der Waals surface area contributed by atoms with Gasteiger partial charge in [-0.25, -0.2) is 0 Å². The highest BCUT2D eigenvalue weighted by Crippen LogP contribution is 2.29. The van der Waals surface area contributed by atoms with E-state index in [1.54, 1.807) is 0 Å². The van der Waals surface area contributed by atoms with Crippen molar-refractivity contribution in [2.75, 3.05) is 5.32 Å². The molecule has 0 atom stereocenters. The van der Waals surface area contributed by atoms with Crippen molar-refractivity contribution in [2.24, 2.45) is 5.73 Å². The summed E-state index contributed by atoms with van der Waals surface area (Å²) in [5.74, 6) is 0. The van der Waals surface area contributed by atoms with Crippen LogP contribution in [0.5, 0.6) is 0 Å². The Morgan fingerprint density at radius 2 is 1.85 bits per heavy atom. The number of nitrogens with two attached hydrogens (primary N) is 1. The summed E-state index contributed by atoms with van der Waals surface area (Å²) in [6.45, 7) is 2.18. The maximum atomic E-state index is 5.83. The van der Waals surface area contributed by atoms with Crippen LogP contribution in [-0.4, -0.2) is 4.99 Å². The zero-order chi connectivity index (χ0) is 14.5. The molecule has 0 spiro atoms. The van der Waals surface area contributed by atoms with E-state index in [1.165, 1.54) is 5.56 Å². The fourth-order valence-corrected chi connectivity index (χ4v) is 3.08. The number of halogens is 1. The molecule has 104 valence electrons. The average Bonchev–Trinajstić information content (AvgIpc) is 2.41. The van der Waals surface area contributed by atoms with Gasteiger partial charge in [-0.1, -0.05) is 49.8 Å². The topological polar surface area (TPSA) is 38.0 Å². The van der Waals surface area contributed by atoms with E-state index < -0.39 is 0 Å². The standard InChI is InChI=1S/C16H17BrN2S/c1-2-6-11-7-3-4-9-13(11)19-14-10-5-8-12(17)15(14)16(18)20/h3-5,7-10,19H,2,6H2,1H3,(H2,18,20). The lowest BCUT2D eigenvalue weighted by molar-refractivity contribution is 0.923. The van der Waals surface area contributed by atoms with Crippen LogP contribution in [0.2, 0.25) is 0 Å². The van der Waals surface area contributed by atoms with Gasteiger partial charge in [0.05, 0.1) is 0 Å². The van der Waals surface area contributed by atoms with Crippen LogP contribution in [0.15, 0.2) is 46.9 Å². The molecule has 0 aliphatic heterocycles. The monoisotopic (exact) mass is 348 g/mol. The zero-order valence-electron chi connectivity index (χ0n) is 11.3. The molecule has 0 aliphatic rings. The summed E-state index contributed by atoms with van der Waals surface area (Å²) in [5.41, 5.74) is 9.99. The fraction of sp³-hybridized carbons (Fsp3) is 0.188. The molecule has 0 saturated carbocycles. The first-order chi connectivity index (χ1) is 9.63. The van der Waals surface area contributed by atoms with Gasteiger partial charge in [-0.05, 0) is 46.1 Å². The zero-order valence-corrected chi connectivity index (χ0v) is 13.7. The van der Waals surface area contributed by atoms with Gasteiger partial charge in [-0.3, -0.25) is 0 Å². The van der Waals surface area contributed by atoms with Crippen molar-refractivity contribution >= 4 is 44.5 Å². The van der Waals surface area contributed by atoms with Crippen molar-refractivity contribution < 1.29 is 0 Å². The van der Waals surface area contributed by atoms with Crippen LogP contribution in [0.3, 0.4) is 0 Å². The number of thiocarbonyl (C=S) groups is 1. The normalized spacial score (nSPS) is 10.3. The third-order valence-electron chi connectivity index (χ3n) is 3.07. The second kappa shape index (κ2) is 6.86. The number of anilines is 2. The van der Waals surface area contributed by atoms with E-state index in [0.717, 1.165) is 34.3 Å². The third-order valence-corrected chi connectivity index (χ3v) is 3.93. The molecule has 0 fully saturated rings. The molecular weight excluding hydrogens is 332 g/mol. The van der Waals surface area contributed by atoms with Crippen LogP contribution in [0, 0.1) is 0 Å². The van der Waals surface area contributed by atoms with Gasteiger partial charge in [0.15, 0.2) is 0 Å². The Bertz CT molecular complexity index is 626. The summed E-state index contributed by atoms with van der Waals surface area (Å²) in [7, 11) is 0. The molecule has 0 radical (unpaired) electrons. The summed E-state index contributed by atoms with van der Waals surface area (Å²) in [4.78, 5) is 0.382. The van der Waals surface area contributed by atoms with Gasteiger partial charge in [0.25, 0.3) is 0 Å². The maximum Gasteiger partial charge on any atom is 0.107 e. The quantitative estimate of drug-likeness (QED) is 0.763. The molecule has 2 aromatic carbocycles. The molecule has 2 nitrogen and oxygen atoms in total. The predicted octanol–water partition coefficient (Wildman–Crippen LogP) is 4.78. The number of rotatable bonds is 5. The number of nitrogens with one attached hydrogen (secondary N) is 1. The number of benzene rings is 2. The molecule has 0 unspecified atom stereocenters. The molecule has 2 aromatic rings. The second-order valence-corrected chi connectivity index (χ2v) is 5.85. The van der Waals surface area contributed by atoms with Crippen molar-refractivity contribution in [3.8, 4) is 0 Å². The van der Waals surface area contributed by atoms with Crippen LogP contribution in [0.25, 0.3) is 0 Å². The first-order valence-corrected chi connectivity index (χ1v) is 7.77. The number of hydrogen-bond acceptors (Lipinski definition) is 2. The van der Waals surface area contributed by atoms with Crippen LogP contribution >= 0.6 is 28.1 Å². The highest BCUT2D eigenvalue weighted by molar-refractivity contribution is 9.10. The van der Waals surface area contributed by atoms with E-state index in [4.69, 9.17) is 18.0 Å². The lowest BCUT2D eigenvalue weighted by atomic mass is 10.1. The van der Waals surface area contributed by atoms with E-state index >= 15 is 0 Å². The molecule has 0 aromatic heterocycles. The van der Waals surface area contributed by atoms with Gasteiger partial charge in [-0.15, -0.1) is 0 Å². The Kier molecular flexibility index (Phi) is 5.15. The smallest absolute Gasteiger partial charge is 0.107 e. The molecule has 20 heavy (non-hydrogen) atoms. The summed E-state index contributed by atoms with van der Waals surface area (Å²) in [5, 5.41) is 3.45. The van der Waals surface area contributed by atoms with Crippen molar-refractivity contribution in [3.63, 3.8) is 0 Å². The van der Waals surface area contributed by atoms with E-state index in [0.29, 0.717) is 4.99 Å². The van der Waals surface area contributed by atoms with Crippen molar-refractivity contribution in [1.29, 1.82) is 0 Å². The van der Waals surface area contributed by atoms with Gasteiger partial charge in [0.1, 0.15) is 4.99 Å². The maximum absolute atomic E-state index is 5.83. The number of para-hydroxylation sites is 1. The van der Waals surface area contributed by atoms with E-state index in [1.807, 2.05) is 24.3 Å². The highest BCUT2D eigenvalue weighted by atomic mass is 79.9. The van der Waals surface area contributed by atoms with Crippen LogP contribution in [0.4, 0.5) is 11.4 Å². The van der Waals surface area contributed by atoms with Gasteiger partial charge in [-0.2, -0.15) is 0 Å². The van der Waals surface area contributed by atoms with Gasteiger partial charge < -0.3 is 11.1 Å². The van der Waals surface area contributed by atoms with Crippen molar-refractivity contribution in [2.45, 2.75) is 19.8 Å². The molecule has 0 amide bonds. The fourth-order valence-electron chi connectivity index (χ4n) is 2.15. The first-order valence-electron chi connectivity index (χ1n) is 6.56. The predicted molar refractivity (Wildman–Crippen MR) is 93.7 cm³/mol. The summed E-state index contributed by atoms with van der Waals surface area (Å²) in [6, 6.07) is 14.2. The molecule has 4 heteroatoms. The summed E-state index contributed by atoms with van der Waals surface area (Å²) in [6.07, 6.45) is 2.15. The average molecular weight is 349 g/mol. The van der Waals surface area contributed by atoms with Crippen LogP contribution < -0.4 is 11.1 Å². The van der Waals surface area contributed by atoms with Crippen LogP contribution in [0.1, 0.15) is 24.5 Å². The molecule has 3 N–H and O–H groups in total. The first kappa shape index (κ1) is 15.0. The minimum Gasteiger partial charge on any atom is -0.389 e. The number of hydrogen-bond donors (Lipinski definition) is 2. The van der Waals surface area contributed by atoms with E-state index in [-0.39, 0.29) is 0 Å². The lowest BCUT2D eigenvalue weighted by Crippen LogP contribution is -2.13. The Labute approximate surface area is 133 Å². The molecule has 0 bridgehead atoms. The SMILES string of the molecule is CCCc1ccccc1Nc1cccc(Br)c1C(N)=S. The van der Waals surface area contributed by atoms with Gasteiger partial charge in [0.2, 0.25) is 0 Å². The molecule has 0 heterocycles. The Hall–Kier alpha value is -1.39. The summed E-state index contributed by atoms with van der Waals surface area (Å²) >= 11 is 8.65. The summed E-state index contributed by atoms with van der Waals surface area (Å²) < 4.78 is 0.906. The second-order valence-electron chi connectivity index (χ2n) is 4.56. The Balaban J connectivity index is 2.40. The van der Waals surface area contributed by atoms with Gasteiger partial charge in [0, 0.05) is 21.4 Å².